The summed E-state index contributed by atoms with van der Waals surface area (Å²) in [5, 5.41) is 0. The Balaban J connectivity index is 2.32. The van der Waals surface area contributed by atoms with Crippen molar-refractivity contribution in [3.05, 3.63) is 24.4 Å². The number of rotatable bonds is 8. The molecule has 1 aromatic heterocycles. The number of hydrogen-bond acceptors (Lipinski definition) is 5. The Morgan fingerprint density at radius 2 is 2.12 bits per heavy atom. The molecule has 0 fully saturated rings. The average molecular weight is 260 g/mol. The summed E-state index contributed by atoms with van der Waals surface area (Å²) in [5.41, 5.74) is 0. The molecule has 1 heterocycles. The SMILES string of the molecule is COCCOCCS(=O)(=O)Nc1ccccn1. The molecule has 0 saturated carbocycles. The van der Waals surface area contributed by atoms with Gasteiger partial charge in [0.05, 0.1) is 25.6 Å². The van der Waals surface area contributed by atoms with E-state index in [-0.39, 0.29) is 12.4 Å². The van der Waals surface area contributed by atoms with E-state index in [1.54, 1.807) is 25.3 Å². The number of methoxy groups -OCH3 is 1. The predicted octanol–water partition coefficient (Wildman–Crippen LogP) is 0.486. The Kier molecular flexibility index (Phi) is 5.88. The maximum Gasteiger partial charge on any atom is 0.236 e. The molecule has 0 unspecified atom stereocenters. The Morgan fingerprint density at radius 3 is 2.76 bits per heavy atom. The maximum absolute atomic E-state index is 11.6. The number of nitrogens with one attached hydrogen (secondary N) is 1. The first-order valence-corrected chi connectivity index (χ1v) is 6.77. The molecule has 96 valence electrons. The van der Waals surface area contributed by atoms with Crippen LogP contribution in [0, 0.1) is 0 Å². The van der Waals surface area contributed by atoms with Crippen molar-refractivity contribution < 1.29 is 17.9 Å². The molecular formula is C10H16N2O4S. The van der Waals surface area contributed by atoms with Crippen molar-refractivity contribution in [2.45, 2.75) is 0 Å². The molecule has 17 heavy (non-hydrogen) atoms. The Labute approximate surface area is 101 Å². The van der Waals surface area contributed by atoms with Crippen LogP contribution in [0.3, 0.4) is 0 Å². The second kappa shape index (κ2) is 7.21. The molecule has 7 heteroatoms. The topological polar surface area (TPSA) is 77.5 Å². The molecule has 1 rings (SSSR count). The quantitative estimate of drug-likeness (QED) is 0.688. The normalized spacial score (nSPS) is 11.4. The number of hydrogen-bond donors (Lipinski definition) is 1. The highest BCUT2D eigenvalue weighted by Crippen LogP contribution is 2.03. The Bertz CT molecular complexity index is 408. The van der Waals surface area contributed by atoms with Gasteiger partial charge in [-0.25, -0.2) is 13.4 Å². The molecule has 0 radical (unpaired) electrons. The van der Waals surface area contributed by atoms with Gasteiger partial charge in [-0.2, -0.15) is 0 Å². The Hall–Kier alpha value is -1.18. The van der Waals surface area contributed by atoms with Gasteiger partial charge in [-0.15, -0.1) is 0 Å². The third-order valence-corrected chi connectivity index (χ3v) is 3.08. The standard InChI is InChI=1S/C10H16N2O4S/c1-15-6-7-16-8-9-17(13,14)12-10-4-2-3-5-11-10/h2-5H,6-9H2,1H3,(H,11,12). The van der Waals surface area contributed by atoms with Crippen molar-refractivity contribution in [1.82, 2.24) is 4.98 Å². The van der Waals surface area contributed by atoms with Crippen molar-refractivity contribution in [3.63, 3.8) is 0 Å². The molecule has 0 saturated heterocycles. The van der Waals surface area contributed by atoms with Crippen LogP contribution in [0.4, 0.5) is 5.82 Å². The lowest BCUT2D eigenvalue weighted by Gasteiger charge is -2.07. The lowest BCUT2D eigenvalue weighted by atomic mass is 10.5. The summed E-state index contributed by atoms with van der Waals surface area (Å²) in [6, 6.07) is 5.01. The number of sulfonamides is 1. The number of ether oxygens (including phenoxy) is 2. The van der Waals surface area contributed by atoms with Gasteiger partial charge in [-0.1, -0.05) is 6.07 Å². The minimum Gasteiger partial charge on any atom is -0.382 e. The van der Waals surface area contributed by atoms with Crippen LogP contribution in [0.5, 0.6) is 0 Å². The van der Waals surface area contributed by atoms with Gasteiger partial charge in [0, 0.05) is 13.3 Å². The van der Waals surface area contributed by atoms with E-state index in [9.17, 15) is 8.42 Å². The van der Waals surface area contributed by atoms with E-state index in [0.717, 1.165) is 0 Å². The number of anilines is 1. The fraction of sp³-hybridized carbons (Fsp3) is 0.500. The predicted molar refractivity (Wildman–Crippen MR) is 64.3 cm³/mol. The minimum atomic E-state index is -3.40. The zero-order valence-corrected chi connectivity index (χ0v) is 10.4. The Morgan fingerprint density at radius 1 is 1.29 bits per heavy atom. The van der Waals surface area contributed by atoms with Crippen LogP contribution in [-0.4, -0.2) is 46.1 Å². The molecule has 1 aromatic rings. The van der Waals surface area contributed by atoms with E-state index in [1.807, 2.05) is 0 Å². The highest BCUT2D eigenvalue weighted by Gasteiger charge is 2.10. The third kappa shape index (κ3) is 6.20. The monoisotopic (exact) mass is 260 g/mol. The first kappa shape index (κ1) is 13.9. The smallest absolute Gasteiger partial charge is 0.236 e. The average Bonchev–Trinajstić information content (AvgIpc) is 2.29. The second-order valence-corrected chi connectivity index (χ2v) is 5.08. The van der Waals surface area contributed by atoms with Gasteiger partial charge in [-0.3, -0.25) is 4.72 Å². The van der Waals surface area contributed by atoms with Crippen molar-refractivity contribution in [3.8, 4) is 0 Å². The highest BCUT2D eigenvalue weighted by atomic mass is 32.2. The van der Waals surface area contributed by atoms with E-state index in [2.05, 4.69) is 9.71 Å². The van der Waals surface area contributed by atoms with Gasteiger partial charge in [0.15, 0.2) is 0 Å². The van der Waals surface area contributed by atoms with Crippen LogP contribution in [0.25, 0.3) is 0 Å². The number of nitrogens with zero attached hydrogens (tertiary/aromatic N) is 1. The molecule has 1 N–H and O–H groups in total. The summed E-state index contributed by atoms with van der Waals surface area (Å²) < 4.78 is 35.4. The van der Waals surface area contributed by atoms with Gasteiger partial charge in [0.1, 0.15) is 5.82 Å². The van der Waals surface area contributed by atoms with Crippen LogP contribution in [0.2, 0.25) is 0 Å². The molecule has 0 aliphatic rings. The van der Waals surface area contributed by atoms with Crippen molar-refractivity contribution in [2.24, 2.45) is 0 Å². The van der Waals surface area contributed by atoms with Crippen LogP contribution in [-0.2, 0) is 19.5 Å². The van der Waals surface area contributed by atoms with E-state index in [0.29, 0.717) is 19.0 Å². The summed E-state index contributed by atoms with van der Waals surface area (Å²) in [6.07, 6.45) is 1.52. The summed E-state index contributed by atoms with van der Waals surface area (Å²) in [7, 11) is -1.84. The lowest BCUT2D eigenvalue weighted by molar-refractivity contribution is 0.0785. The van der Waals surface area contributed by atoms with Gasteiger partial charge < -0.3 is 9.47 Å². The molecule has 0 spiro atoms. The van der Waals surface area contributed by atoms with Gasteiger partial charge in [0.25, 0.3) is 0 Å². The summed E-state index contributed by atoms with van der Waals surface area (Å²) in [4.78, 5) is 3.87. The first-order valence-electron chi connectivity index (χ1n) is 5.12. The fourth-order valence-electron chi connectivity index (χ4n) is 1.05. The van der Waals surface area contributed by atoms with Crippen molar-refractivity contribution in [1.29, 1.82) is 0 Å². The lowest BCUT2D eigenvalue weighted by Crippen LogP contribution is -2.21. The van der Waals surface area contributed by atoms with Crippen LogP contribution < -0.4 is 4.72 Å². The molecular weight excluding hydrogens is 244 g/mol. The number of aromatic nitrogens is 1. The van der Waals surface area contributed by atoms with Gasteiger partial charge >= 0.3 is 0 Å². The summed E-state index contributed by atoms with van der Waals surface area (Å²) in [5.74, 6) is 0.206. The largest absolute Gasteiger partial charge is 0.382 e. The van der Waals surface area contributed by atoms with E-state index < -0.39 is 10.0 Å². The van der Waals surface area contributed by atoms with Crippen LogP contribution in [0.1, 0.15) is 0 Å². The van der Waals surface area contributed by atoms with Crippen molar-refractivity contribution in [2.75, 3.05) is 37.4 Å². The summed E-state index contributed by atoms with van der Waals surface area (Å²) in [6.45, 7) is 0.967. The summed E-state index contributed by atoms with van der Waals surface area (Å²) >= 11 is 0. The van der Waals surface area contributed by atoms with Crippen LogP contribution in [0.15, 0.2) is 24.4 Å². The van der Waals surface area contributed by atoms with Crippen LogP contribution >= 0.6 is 0 Å². The van der Waals surface area contributed by atoms with E-state index >= 15 is 0 Å². The minimum absolute atomic E-state index is 0.104. The maximum atomic E-state index is 11.6. The van der Waals surface area contributed by atoms with Gasteiger partial charge in [0.2, 0.25) is 10.0 Å². The highest BCUT2D eigenvalue weighted by molar-refractivity contribution is 7.92. The zero-order valence-electron chi connectivity index (χ0n) is 9.63. The van der Waals surface area contributed by atoms with Crippen molar-refractivity contribution >= 4 is 15.8 Å². The molecule has 0 bridgehead atoms. The van der Waals surface area contributed by atoms with E-state index in [1.165, 1.54) is 6.20 Å². The molecule has 0 aliphatic carbocycles. The molecule has 0 amide bonds. The molecule has 6 nitrogen and oxygen atoms in total. The zero-order chi connectivity index (χ0) is 12.6. The first-order chi connectivity index (χ1) is 8.14. The second-order valence-electron chi connectivity index (χ2n) is 3.24. The molecule has 0 atom stereocenters. The third-order valence-electron chi connectivity index (χ3n) is 1.85. The molecule has 0 aromatic carbocycles. The van der Waals surface area contributed by atoms with Gasteiger partial charge in [-0.05, 0) is 12.1 Å². The molecule has 0 aliphatic heterocycles. The fourth-order valence-corrected chi connectivity index (χ4v) is 1.93. The number of pyridine rings is 1. The van der Waals surface area contributed by atoms with E-state index in [4.69, 9.17) is 9.47 Å².